The van der Waals surface area contributed by atoms with Crippen molar-refractivity contribution in [3.63, 3.8) is 0 Å². The summed E-state index contributed by atoms with van der Waals surface area (Å²) in [6.07, 6.45) is -0.127. The molecular weight excluding hydrogens is 470 g/mol. The SMILES string of the molecule is COC(=O)[C@@]12CC(=O)C3C[C@]1(c1ccc(OC)c(OC)c1)N(CCSc1ccccc1)C(=O)[C@@]32O. The molecule has 4 atom stereocenters. The minimum Gasteiger partial charge on any atom is -0.493 e. The molecule has 5 rings (SSSR count). The van der Waals surface area contributed by atoms with E-state index in [1.807, 2.05) is 30.3 Å². The molecule has 9 heteroatoms. The zero-order chi connectivity index (χ0) is 25.0. The summed E-state index contributed by atoms with van der Waals surface area (Å²) in [6, 6.07) is 15.0. The van der Waals surface area contributed by atoms with Gasteiger partial charge in [-0.05, 0) is 36.2 Å². The lowest BCUT2D eigenvalue weighted by molar-refractivity contribution is -0.170. The van der Waals surface area contributed by atoms with Crippen molar-refractivity contribution in [2.75, 3.05) is 33.6 Å². The maximum absolute atomic E-state index is 13.9. The third-order valence-electron chi connectivity index (χ3n) is 7.94. The maximum Gasteiger partial charge on any atom is 0.318 e. The van der Waals surface area contributed by atoms with Crippen LogP contribution in [-0.4, -0.2) is 66.9 Å². The van der Waals surface area contributed by atoms with Crippen LogP contribution in [0.3, 0.4) is 0 Å². The highest BCUT2D eigenvalue weighted by Gasteiger charge is 2.91. The van der Waals surface area contributed by atoms with Crippen molar-refractivity contribution in [1.82, 2.24) is 4.90 Å². The van der Waals surface area contributed by atoms with E-state index in [9.17, 15) is 19.5 Å². The van der Waals surface area contributed by atoms with Crippen molar-refractivity contribution in [2.24, 2.45) is 11.3 Å². The van der Waals surface area contributed by atoms with Crippen LogP contribution in [0, 0.1) is 11.3 Å². The number of amides is 1. The number of carbonyl (C=O) groups excluding carboxylic acids is 3. The second-order valence-corrected chi connectivity index (χ2v) is 10.3. The Hall–Kier alpha value is -3.04. The summed E-state index contributed by atoms with van der Waals surface area (Å²) in [5.74, 6) is -1.17. The summed E-state index contributed by atoms with van der Waals surface area (Å²) in [5.41, 5.74) is -4.56. The number of Topliss-reactive ketones (excluding diaryl/α,β-unsaturated/α-hetero) is 1. The first-order valence-electron chi connectivity index (χ1n) is 11.4. The number of hydrogen-bond donors (Lipinski definition) is 1. The molecule has 1 heterocycles. The number of ketones is 1. The molecule has 1 aliphatic heterocycles. The third-order valence-corrected chi connectivity index (χ3v) is 8.93. The van der Waals surface area contributed by atoms with Gasteiger partial charge in [-0.2, -0.15) is 0 Å². The molecule has 2 aromatic carbocycles. The minimum atomic E-state index is -2.15. The Morgan fingerprint density at radius 3 is 2.46 bits per heavy atom. The molecule has 3 fully saturated rings. The molecule has 1 amide bonds. The molecule has 1 unspecified atom stereocenters. The number of methoxy groups -OCH3 is 3. The van der Waals surface area contributed by atoms with Gasteiger partial charge in [0, 0.05) is 23.6 Å². The summed E-state index contributed by atoms with van der Waals surface area (Å²) in [4.78, 5) is 42.9. The Balaban J connectivity index is 1.65. The average Bonchev–Trinajstić information content (AvgIpc) is 3.33. The smallest absolute Gasteiger partial charge is 0.318 e. The molecule has 8 nitrogen and oxygen atoms in total. The number of aliphatic hydroxyl groups is 1. The van der Waals surface area contributed by atoms with Gasteiger partial charge in [-0.15, -0.1) is 11.8 Å². The molecule has 2 aliphatic carbocycles. The highest BCUT2D eigenvalue weighted by Crippen LogP contribution is 2.75. The molecule has 184 valence electrons. The number of nitrogens with zero attached hydrogens (tertiary/aromatic N) is 1. The normalized spacial score (nSPS) is 30.6. The topological polar surface area (TPSA) is 102 Å². The van der Waals surface area contributed by atoms with Crippen molar-refractivity contribution in [1.29, 1.82) is 0 Å². The van der Waals surface area contributed by atoms with Gasteiger partial charge >= 0.3 is 5.97 Å². The first kappa shape index (κ1) is 23.7. The molecule has 1 N–H and O–H groups in total. The van der Waals surface area contributed by atoms with Crippen LogP contribution in [0.2, 0.25) is 0 Å². The predicted octanol–water partition coefficient (Wildman–Crippen LogP) is 2.42. The van der Waals surface area contributed by atoms with Gasteiger partial charge in [0.2, 0.25) is 0 Å². The van der Waals surface area contributed by atoms with Gasteiger partial charge in [0.15, 0.2) is 17.1 Å². The van der Waals surface area contributed by atoms with E-state index < -0.39 is 34.3 Å². The van der Waals surface area contributed by atoms with Crippen molar-refractivity contribution in [2.45, 2.75) is 28.9 Å². The molecule has 0 radical (unpaired) electrons. The largest absolute Gasteiger partial charge is 0.493 e. The van der Waals surface area contributed by atoms with Gasteiger partial charge in [0.05, 0.1) is 32.8 Å². The van der Waals surface area contributed by atoms with E-state index in [0.29, 0.717) is 22.8 Å². The maximum atomic E-state index is 13.9. The lowest BCUT2D eigenvalue weighted by Gasteiger charge is -2.47. The molecule has 2 saturated carbocycles. The van der Waals surface area contributed by atoms with Gasteiger partial charge in [-0.3, -0.25) is 14.4 Å². The van der Waals surface area contributed by atoms with Crippen LogP contribution in [0.1, 0.15) is 18.4 Å². The van der Waals surface area contributed by atoms with Crippen LogP contribution in [0.15, 0.2) is 53.4 Å². The Morgan fingerprint density at radius 2 is 1.80 bits per heavy atom. The van der Waals surface area contributed by atoms with Crippen LogP contribution in [-0.2, 0) is 24.7 Å². The zero-order valence-corrected chi connectivity index (χ0v) is 20.6. The summed E-state index contributed by atoms with van der Waals surface area (Å²) >= 11 is 1.57. The highest BCUT2D eigenvalue weighted by atomic mass is 32.2. The highest BCUT2D eigenvalue weighted by molar-refractivity contribution is 7.99. The van der Waals surface area contributed by atoms with Gasteiger partial charge in [-0.1, -0.05) is 24.3 Å². The first-order chi connectivity index (χ1) is 16.8. The molecule has 35 heavy (non-hydrogen) atoms. The molecular formula is C26H27NO7S. The molecule has 0 aromatic heterocycles. The van der Waals surface area contributed by atoms with Crippen LogP contribution in [0.4, 0.5) is 0 Å². The number of esters is 1. The lowest BCUT2D eigenvalue weighted by atomic mass is 9.64. The second kappa shape index (κ2) is 8.27. The fraction of sp³-hybridized carbons (Fsp3) is 0.423. The van der Waals surface area contributed by atoms with Gasteiger partial charge in [0.25, 0.3) is 5.91 Å². The quantitative estimate of drug-likeness (QED) is 0.438. The van der Waals surface area contributed by atoms with Crippen molar-refractivity contribution < 1.29 is 33.7 Å². The summed E-state index contributed by atoms with van der Waals surface area (Å²) in [5, 5.41) is 11.9. The number of piperidine rings is 1. The Labute approximate surface area is 207 Å². The zero-order valence-electron chi connectivity index (χ0n) is 19.8. The molecule has 0 spiro atoms. The third kappa shape index (κ3) is 2.82. The summed E-state index contributed by atoms with van der Waals surface area (Å²) in [6.45, 7) is 0.273. The fourth-order valence-corrected chi connectivity index (χ4v) is 7.40. The van der Waals surface area contributed by atoms with Crippen LogP contribution < -0.4 is 9.47 Å². The predicted molar refractivity (Wildman–Crippen MR) is 127 cm³/mol. The number of thioether (sulfide) groups is 1. The standard InChI is InChI=1S/C26H27NO7S/c1-32-20-10-9-16(13-21(20)33-2)25-14-18-19(28)15-24(25,23(30)34-3)26(18,31)22(29)27(25)11-12-35-17-7-5-4-6-8-17/h4-10,13,18,31H,11-12,14-15H2,1-3H3/t18?,24-,25+,26-/m0/s1. The van der Waals surface area contributed by atoms with E-state index >= 15 is 0 Å². The number of benzene rings is 2. The monoisotopic (exact) mass is 497 g/mol. The molecule has 4 bridgehead atoms. The van der Waals surface area contributed by atoms with Crippen LogP contribution >= 0.6 is 11.8 Å². The van der Waals surface area contributed by atoms with E-state index in [1.165, 1.54) is 21.3 Å². The average molecular weight is 498 g/mol. The van der Waals surface area contributed by atoms with Gasteiger partial charge in [-0.25, -0.2) is 0 Å². The number of carbonyl (C=O) groups is 3. The van der Waals surface area contributed by atoms with Gasteiger partial charge in [0.1, 0.15) is 11.2 Å². The van der Waals surface area contributed by atoms with Crippen molar-refractivity contribution in [3.8, 4) is 11.5 Å². The number of rotatable bonds is 8. The van der Waals surface area contributed by atoms with Crippen LogP contribution in [0.5, 0.6) is 11.5 Å². The fourth-order valence-electron chi connectivity index (χ4n) is 6.54. The Bertz CT molecular complexity index is 1200. The second-order valence-electron chi connectivity index (χ2n) is 9.11. The van der Waals surface area contributed by atoms with Crippen molar-refractivity contribution >= 4 is 29.4 Å². The summed E-state index contributed by atoms with van der Waals surface area (Å²) < 4.78 is 16.1. The molecule has 2 aromatic rings. The van der Waals surface area contributed by atoms with Crippen molar-refractivity contribution in [3.05, 3.63) is 54.1 Å². The molecule has 1 saturated heterocycles. The van der Waals surface area contributed by atoms with E-state index in [1.54, 1.807) is 34.9 Å². The Kier molecular flexibility index (Phi) is 5.60. The van der Waals surface area contributed by atoms with E-state index in [-0.39, 0.29) is 25.2 Å². The van der Waals surface area contributed by atoms with E-state index in [4.69, 9.17) is 14.2 Å². The van der Waals surface area contributed by atoms with E-state index in [0.717, 1.165) is 4.90 Å². The van der Waals surface area contributed by atoms with Gasteiger partial charge < -0.3 is 24.2 Å². The first-order valence-corrected chi connectivity index (χ1v) is 12.4. The molecule has 3 aliphatic rings. The van der Waals surface area contributed by atoms with Crippen LogP contribution in [0.25, 0.3) is 0 Å². The minimum absolute atomic E-state index is 0.134. The Morgan fingerprint density at radius 1 is 1.09 bits per heavy atom. The lowest BCUT2D eigenvalue weighted by Crippen LogP contribution is -2.57. The number of likely N-dealkylation sites (tertiary alicyclic amines) is 1. The summed E-state index contributed by atoms with van der Waals surface area (Å²) in [7, 11) is 4.25. The van der Waals surface area contributed by atoms with E-state index in [2.05, 4.69) is 0 Å². The number of ether oxygens (including phenoxy) is 3. The number of hydrogen-bond acceptors (Lipinski definition) is 8.